The third kappa shape index (κ3) is 3.63. The molecule has 1 aliphatic rings. The lowest BCUT2D eigenvalue weighted by atomic mass is 10.2. The van der Waals surface area contributed by atoms with Gasteiger partial charge >= 0.3 is 0 Å². The van der Waals surface area contributed by atoms with Crippen LogP contribution >= 0.6 is 0 Å². The monoisotopic (exact) mass is 397 g/mol. The van der Waals surface area contributed by atoms with Crippen LogP contribution in [0.15, 0.2) is 70.1 Å². The van der Waals surface area contributed by atoms with E-state index in [-0.39, 0.29) is 10.6 Å². The molecular formula is C20H19N3O4S. The van der Waals surface area contributed by atoms with Crippen LogP contribution in [0.3, 0.4) is 0 Å². The zero-order valence-corrected chi connectivity index (χ0v) is 16.0. The summed E-state index contributed by atoms with van der Waals surface area (Å²) in [6.45, 7) is 0. The Morgan fingerprint density at radius 2 is 1.86 bits per heavy atom. The molecule has 1 fully saturated rings. The number of carbonyl (C=O) groups is 1. The van der Waals surface area contributed by atoms with Crippen LogP contribution in [-0.4, -0.2) is 26.5 Å². The molecule has 0 saturated heterocycles. The Balaban J connectivity index is 1.54. The first-order valence-corrected chi connectivity index (χ1v) is 10.3. The normalized spacial score (nSPS) is 13.9. The number of sulfonamides is 1. The van der Waals surface area contributed by atoms with E-state index >= 15 is 0 Å². The van der Waals surface area contributed by atoms with Gasteiger partial charge in [-0.25, -0.2) is 8.42 Å². The van der Waals surface area contributed by atoms with Crippen LogP contribution in [0.2, 0.25) is 0 Å². The largest absolute Gasteiger partial charge is 0.360 e. The summed E-state index contributed by atoms with van der Waals surface area (Å²) < 4.78 is 32.2. The van der Waals surface area contributed by atoms with Crippen molar-refractivity contribution in [2.24, 2.45) is 0 Å². The molecule has 2 aromatic carbocycles. The zero-order valence-electron chi connectivity index (χ0n) is 15.2. The van der Waals surface area contributed by atoms with E-state index in [1.54, 1.807) is 42.5 Å². The van der Waals surface area contributed by atoms with Crippen molar-refractivity contribution >= 4 is 27.3 Å². The predicted octanol–water partition coefficient (Wildman–Crippen LogP) is 3.63. The Labute approximate surface area is 163 Å². The Kier molecular flexibility index (Phi) is 4.64. The van der Waals surface area contributed by atoms with E-state index in [9.17, 15) is 13.2 Å². The van der Waals surface area contributed by atoms with Gasteiger partial charge in [-0.15, -0.1) is 0 Å². The molecule has 1 saturated carbocycles. The highest BCUT2D eigenvalue weighted by molar-refractivity contribution is 7.92. The quantitative estimate of drug-likeness (QED) is 0.686. The molecule has 0 bridgehead atoms. The summed E-state index contributed by atoms with van der Waals surface area (Å²) in [6.07, 6.45) is 2.09. The van der Waals surface area contributed by atoms with Crippen molar-refractivity contribution in [1.29, 1.82) is 0 Å². The molecule has 28 heavy (non-hydrogen) atoms. The SMILES string of the molecule is CN(c1ccccc1)S(=O)(=O)c1cccc(NC(=O)c2cc(C3CC3)on2)c1. The molecule has 3 aromatic rings. The minimum absolute atomic E-state index is 0.0791. The molecule has 7 nitrogen and oxygen atoms in total. The highest BCUT2D eigenvalue weighted by atomic mass is 32.2. The van der Waals surface area contributed by atoms with Gasteiger partial charge in [0, 0.05) is 24.7 Å². The van der Waals surface area contributed by atoms with E-state index in [2.05, 4.69) is 10.5 Å². The lowest BCUT2D eigenvalue weighted by molar-refractivity contribution is 0.101. The van der Waals surface area contributed by atoms with Gasteiger partial charge in [0.15, 0.2) is 5.69 Å². The second kappa shape index (κ2) is 7.12. The predicted molar refractivity (Wildman–Crippen MR) is 105 cm³/mol. The number of para-hydroxylation sites is 1. The number of rotatable bonds is 6. The summed E-state index contributed by atoms with van der Waals surface area (Å²) in [6, 6.07) is 16.5. The molecule has 4 rings (SSSR count). The molecule has 144 valence electrons. The van der Waals surface area contributed by atoms with Gasteiger partial charge in [-0.2, -0.15) is 0 Å². The third-order valence-corrected chi connectivity index (χ3v) is 6.39. The fraction of sp³-hybridized carbons (Fsp3) is 0.200. The number of hydrogen-bond donors (Lipinski definition) is 1. The number of nitrogens with one attached hydrogen (secondary N) is 1. The van der Waals surface area contributed by atoms with Gasteiger partial charge < -0.3 is 9.84 Å². The lowest BCUT2D eigenvalue weighted by Gasteiger charge is -2.19. The molecule has 0 spiro atoms. The Hall–Kier alpha value is -3.13. The van der Waals surface area contributed by atoms with Gasteiger partial charge in [-0.05, 0) is 43.2 Å². The van der Waals surface area contributed by atoms with Crippen LogP contribution < -0.4 is 9.62 Å². The number of nitrogens with zero attached hydrogens (tertiary/aromatic N) is 2. The van der Waals surface area contributed by atoms with E-state index < -0.39 is 15.9 Å². The molecule has 1 aliphatic carbocycles. The topological polar surface area (TPSA) is 92.5 Å². The standard InChI is InChI=1S/C20H19N3O4S/c1-23(16-7-3-2-4-8-16)28(25,26)17-9-5-6-15(12-17)21-20(24)18-13-19(27-22-18)14-10-11-14/h2-9,12-14H,10-11H2,1H3,(H,21,24). The van der Waals surface area contributed by atoms with E-state index in [1.807, 2.05) is 6.07 Å². The number of carbonyl (C=O) groups excluding carboxylic acids is 1. The molecule has 1 amide bonds. The number of aromatic nitrogens is 1. The average molecular weight is 397 g/mol. The molecule has 0 radical (unpaired) electrons. The molecule has 1 aromatic heterocycles. The molecular weight excluding hydrogens is 378 g/mol. The van der Waals surface area contributed by atoms with E-state index in [0.29, 0.717) is 23.1 Å². The maximum absolute atomic E-state index is 12.9. The number of anilines is 2. The molecule has 1 heterocycles. The van der Waals surface area contributed by atoms with Crippen LogP contribution in [-0.2, 0) is 10.0 Å². The van der Waals surface area contributed by atoms with Gasteiger partial charge in [0.25, 0.3) is 15.9 Å². The second-order valence-corrected chi connectivity index (χ2v) is 8.65. The Morgan fingerprint density at radius 3 is 2.57 bits per heavy atom. The second-order valence-electron chi connectivity index (χ2n) is 6.68. The van der Waals surface area contributed by atoms with Crippen molar-refractivity contribution in [2.75, 3.05) is 16.7 Å². The van der Waals surface area contributed by atoms with Crippen LogP contribution in [0.1, 0.15) is 35.0 Å². The van der Waals surface area contributed by atoms with Crippen LogP contribution in [0.4, 0.5) is 11.4 Å². The fourth-order valence-electron chi connectivity index (χ4n) is 2.82. The van der Waals surface area contributed by atoms with Crippen molar-refractivity contribution in [2.45, 2.75) is 23.7 Å². The summed E-state index contributed by atoms with van der Waals surface area (Å²) in [7, 11) is -2.28. The summed E-state index contributed by atoms with van der Waals surface area (Å²) in [5, 5.41) is 6.48. The third-order valence-electron chi connectivity index (χ3n) is 4.61. The average Bonchev–Trinajstić information content (AvgIpc) is 3.44. The molecule has 0 atom stereocenters. The first kappa shape index (κ1) is 18.2. The maximum Gasteiger partial charge on any atom is 0.277 e. The lowest BCUT2D eigenvalue weighted by Crippen LogP contribution is -2.26. The highest BCUT2D eigenvalue weighted by Gasteiger charge is 2.29. The molecule has 0 unspecified atom stereocenters. The van der Waals surface area contributed by atoms with Crippen LogP contribution in [0.25, 0.3) is 0 Å². The number of amides is 1. The van der Waals surface area contributed by atoms with Gasteiger partial charge in [0.05, 0.1) is 10.6 Å². The van der Waals surface area contributed by atoms with E-state index in [4.69, 9.17) is 4.52 Å². The smallest absolute Gasteiger partial charge is 0.277 e. The van der Waals surface area contributed by atoms with Crippen molar-refractivity contribution in [3.05, 3.63) is 72.1 Å². The van der Waals surface area contributed by atoms with Gasteiger partial charge in [0.1, 0.15) is 5.76 Å². The first-order valence-electron chi connectivity index (χ1n) is 8.87. The van der Waals surface area contributed by atoms with Gasteiger partial charge in [-0.1, -0.05) is 29.4 Å². The van der Waals surface area contributed by atoms with E-state index in [1.165, 1.54) is 23.5 Å². The minimum Gasteiger partial charge on any atom is -0.360 e. The zero-order chi connectivity index (χ0) is 19.7. The van der Waals surface area contributed by atoms with E-state index in [0.717, 1.165) is 12.8 Å². The highest BCUT2D eigenvalue weighted by Crippen LogP contribution is 2.40. The Morgan fingerprint density at radius 1 is 1.11 bits per heavy atom. The van der Waals surface area contributed by atoms with Gasteiger partial charge in [-0.3, -0.25) is 9.10 Å². The van der Waals surface area contributed by atoms with Crippen molar-refractivity contribution < 1.29 is 17.7 Å². The van der Waals surface area contributed by atoms with Crippen LogP contribution in [0.5, 0.6) is 0 Å². The minimum atomic E-state index is -3.77. The number of hydrogen-bond acceptors (Lipinski definition) is 5. The fourth-order valence-corrected chi connectivity index (χ4v) is 4.06. The van der Waals surface area contributed by atoms with Crippen LogP contribution in [0, 0.1) is 0 Å². The first-order chi connectivity index (χ1) is 13.4. The maximum atomic E-state index is 12.9. The van der Waals surface area contributed by atoms with Gasteiger partial charge in [0.2, 0.25) is 0 Å². The summed E-state index contributed by atoms with van der Waals surface area (Å²) in [5.74, 6) is 0.628. The number of benzene rings is 2. The molecule has 8 heteroatoms. The molecule has 1 N–H and O–H groups in total. The van der Waals surface area contributed by atoms with Crippen molar-refractivity contribution in [3.63, 3.8) is 0 Å². The molecule has 0 aliphatic heterocycles. The summed E-state index contributed by atoms with van der Waals surface area (Å²) >= 11 is 0. The summed E-state index contributed by atoms with van der Waals surface area (Å²) in [4.78, 5) is 12.5. The summed E-state index contributed by atoms with van der Waals surface area (Å²) in [5.41, 5.74) is 1.09. The van der Waals surface area contributed by atoms with Crippen molar-refractivity contribution in [3.8, 4) is 0 Å². The Bertz CT molecular complexity index is 1110. The van der Waals surface area contributed by atoms with Crippen molar-refractivity contribution in [1.82, 2.24) is 5.16 Å².